The number of hydrogen-bond donors (Lipinski definition) is 2. The fraction of sp³-hybridized carbons (Fsp3) is 0.188. The maximum Gasteiger partial charge on any atom is 0.183 e. The van der Waals surface area contributed by atoms with E-state index in [4.69, 9.17) is 5.73 Å². The number of nitrogen functional groups attached to an aromatic ring is 1. The fourth-order valence-corrected chi connectivity index (χ4v) is 3.19. The van der Waals surface area contributed by atoms with E-state index in [0.29, 0.717) is 11.5 Å². The molecule has 6 heteroatoms. The van der Waals surface area contributed by atoms with Gasteiger partial charge in [0.25, 0.3) is 0 Å². The molecule has 0 aliphatic heterocycles. The van der Waals surface area contributed by atoms with Crippen LogP contribution in [0.1, 0.15) is 12.6 Å². The van der Waals surface area contributed by atoms with E-state index in [2.05, 4.69) is 20.3 Å². The normalized spacial score (nSPS) is 10.6. The monoisotopic (exact) mass is 311 g/mol. The first-order valence-electron chi connectivity index (χ1n) is 7.08. The average molecular weight is 311 g/mol. The van der Waals surface area contributed by atoms with Gasteiger partial charge in [0.1, 0.15) is 5.69 Å². The standard InChI is InChI=1S/C16H17N5S/c1-3-18-16-20-10(2)14(22-16)13-12(17)9-19-15(21-13)11-7-5-4-6-8-11/h4-9H,3,17H2,1-2H3,(H,18,20). The van der Waals surface area contributed by atoms with Crippen LogP contribution in [0, 0.1) is 6.92 Å². The third-order valence-electron chi connectivity index (χ3n) is 3.19. The number of aromatic nitrogens is 3. The lowest BCUT2D eigenvalue weighted by Gasteiger charge is -2.06. The number of aryl methyl sites for hydroxylation is 1. The smallest absolute Gasteiger partial charge is 0.183 e. The lowest BCUT2D eigenvalue weighted by molar-refractivity contribution is 1.16. The molecular formula is C16H17N5S. The van der Waals surface area contributed by atoms with E-state index in [1.807, 2.05) is 44.2 Å². The Hall–Kier alpha value is -2.47. The van der Waals surface area contributed by atoms with Crippen LogP contribution in [0.25, 0.3) is 22.0 Å². The topological polar surface area (TPSA) is 76.7 Å². The highest BCUT2D eigenvalue weighted by Crippen LogP contribution is 2.35. The highest BCUT2D eigenvalue weighted by Gasteiger charge is 2.15. The van der Waals surface area contributed by atoms with Gasteiger partial charge in [0.2, 0.25) is 0 Å². The van der Waals surface area contributed by atoms with E-state index in [0.717, 1.165) is 33.5 Å². The van der Waals surface area contributed by atoms with Crippen molar-refractivity contribution >= 4 is 22.2 Å². The third-order valence-corrected chi connectivity index (χ3v) is 4.31. The van der Waals surface area contributed by atoms with Crippen LogP contribution >= 0.6 is 11.3 Å². The SMILES string of the molecule is CCNc1nc(C)c(-c2nc(-c3ccccc3)ncc2N)s1. The lowest BCUT2D eigenvalue weighted by atomic mass is 10.2. The molecule has 1 aromatic carbocycles. The Morgan fingerprint density at radius 1 is 1.18 bits per heavy atom. The van der Waals surface area contributed by atoms with Crippen LogP contribution in [0.15, 0.2) is 36.5 Å². The number of rotatable bonds is 4. The van der Waals surface area contributed by atoms with Gasteiger partial charge in [-0.2, -0.15) is 0 Å². The minimum absolute atomic E-state index is 0.564. The maximum atomic E-state index is 6.09. The number of anilines is 2. The summed E-state index contributed by atoms with van der Waals surface area (Å²) in [5.41, 5.74) is 9.28. The molecule has 0 amide bonds. The predicted octanol–water partition coefficient (Wildman–Crippen LogP) is 3.59. The molecule has 3 aromatic rings. The van der Waals surface area contributed by atoms with Gasteiger partial charge in [-0.1, -0.05) is 41.7 Å². The fourth-order valence-electron chi connectivity index (χ4n) is 2.14. The molecule has 5 nitrogen and oxygen atoms in total. The molecule has 0 unspecified atom stereocenters. The van der Waals surface area contributed by atoms with Crippen molar-refractivity contribution in [3.8, 4) is 22.0 Å². The van der Waals surface area contributed by atoms with Crippen molar-refractivity contribution in [2.45, 2.75) is 13.8 Å². The summed E-state index contributed by atoms with van der Waals surface area (Å²) in [6.45, 7) is 4.85. The summed E-state index contributed by atoms with van der Waals surface area (Å²) in [5, 5.41) is 4.11. The number of nitrogens with two attached hydrogens (primary N) is 1. The molecule has 112 valence electrons. The minimum atomic E-state index is 0.564. The van der Waals surface area contributed by atoms with Crippen molar-refractivity contribution in [1.29, 1.82) is 0 Å². The molecule has 0 fully saturated rings. The molecule has 22 heavy (non-hydrogen) atoms. The second kappa shape index (κ2) is 6.11. The quantitative estimate of drug-likeness (QED) is 0.770. The number of nitrogens with zero attached hydrogens (tertiary/aromatic N) is 3. The molecular weight excluding hydrogens is 294 g/mol. The van der Waals surface area contributed by atoms with Crippen molar-refractivity contribution in [3.63, 3.8) is 0 Å². The molecule has 0 aliphatic carbocycles. The molecule has 0 spiro atoms. The zero-order valence-electron chi connectivity index (χ0n) is 12.5. The summed E-state index contributed by atoms with van der Waals surface area (Å²) in [6, 6.07) is 9.88. The second-order valence-electron chi connectivity index (χ2n) is 4.83. The van der Waals surface area contributed by atoms with Crippen LogP contribution in [0.5, 0.6) is 0 Å². The van der Waals surface area contributed by atoms with Gasteiger partial charge in [-0.3, -0.25) is 0 Å². The number of hydrogen-bond acceptors (Lipinski definition) is 6. The summed E-state index contributed by atoms with van der Waals surface area (Å²) in [7, 11) is 0. The van der Waals surface area contributed by atoms with E-state index in [1.54, 1.807) is 17.5 Å². The Morgan fingerprint density at radius 2 is 1.95 bits per heavy atom. The molecule has 0 radical (unpaired) electrons. The van der Waals surface area contributed by atoms with Gasteiger partial charge in [-0.25, -0.2) is 15.0 Å². The summed E-state index contributed by atoms with van der Waals surface area (Å²) in [6.07, 6.45) is 1.66. The minimum Gasteiger partial charge on any atom is -0.396 e. The molecule has 3 N–H and O–H groups in total. The van der Waals surface area contributed by atoms with Gasteiger partial charge in [0.15, 0.2) is 11.0 Å². The van der Waals surface area contributed by atoms with Gasteiger partial charge in [0, 0.05) is 12.1 Å². The summed E-state index contributed by atoms with van der Waals surface area (Å²) >= 11 is 1.56. The van der Waals surface area contributed by atoms with Crippen LogP contribution in [-0.2, 0) is 0 Å². The zero-order valence-corrected chi connectivity index (χ0v) is 13.3. The van der Waals surface area contributed by atoms with E-state index < -0.39 is 0 Å². The molecule has 3 rings (SSSR count). The average Bonchev–Trinajstić information content (AvgIpc) is 2.89. The van der Waals surface area contributed by atoms with Gasteiger partial charge < -0.3 is 11.1 Å². The third kappa shape index (κ3) is 2.78. The molecule has 0 aliphatic rings. The van der Waals surface area contributed by atoms with Crippen LogP contribution in [0.2, 0.25) is 0 Å². The van der Waals surface area contributed by atoms with Crippen molar-refractivity contribution < 1.29 is 0 Å². The first-order valence-corrected chi connectivity index (χ1v) is 7.90. The van der Waals surface area contributed by atoms with Crippen LogP contribution in [0.3, 0.4) is 0 Å². The Labute approximate surface area is 133 Å². The Kier molecular flexibility index (Phi) is 4.02. The summed E-state index contributed by atoms with van der Waals surface area (Å²) in [5.74, 6) is 0.669. The van der Waals surface area contributed by atoms with Gasteiger partial charge in [0.05, 0.1) is 22.5 Å². The molecule has 2 aromatic heterocycles. The molecule has 0 saturated carbocycles. The van der Waals surface area contributed by atoms with E-state index in [9.17, 15) is 0 Å². The second-order valence-corrected chi connectivity index (χ2v) is 5.83. The van der Waals surface area contributed by atoms with E-state index in [-0.39, 0.29) is 0 Å². The van der Waals surface area contributed by atoms with Crippen LogP contribution < -0.4 is 11.1 Å². The zero-order chi connectivity index (χ0) is 15.5. The van der Waals surface area contributed by atoms with Crippen LogP contribution in [-0.4, -0.2) is 21.5 Å². The Bertz CT molecular complexity index is 782. The van der Waals surface area contributed by atoms with Crippen molar-refractivity contribution in [3.05, 3.63) is 42.2 Å². The van der Waals surface area contributed by atoms with E-state index in [1.165, 1.54) is 0 Å². The van der Waals surface area contributed by atoms with Crippen molar-refractivity contribution in [1.82, 2.24) is 15.0 Å². The molecule has 2 heterocycles. The number of nitrogens with one attached hydrogen (secondary N) is 1. The van der Waals surface area contributed by atoms with Crippen molar-refractivity contribution in [2.75, 3.05) is 17.6 Å². The highest BCUT2D eigenvalue weighted by molar-refractivity contribution is 7.19. The predicted molar refractivity (Wildman–Crippen MR) is 91.9 cm³/mol. The van der Waals surface area contributed by atoms with Crippen LogP contribution in [0.4, 0.5) is 10.8 Å². The summed E-state index contributed by atoms with van der Waals surface area (Å²) in [4.78, 5) is 14.5. The molecule has 0 saturated heterocycles. The first kappa shape index (κ1) is 14.5. The van der Waals surface area contributed by atoms with E-state index >= 15 is 0 Å². The first-order chi connectivity index (χ1) is 10.7. The summed E-state index contributed by atoms with van der Waals surface area (Å²) < 4.78 is 0. The number of benzene rings is 1. The Balaban J connectivity index is 2.07. The maximum absolute atomic E-state index is 6.09. The highest BCUT2D eigenvalue weighted by atomic mass is 32.1. The molecule has 0 atom stereocenters. The van der Waals surface area contributed by atoms with Crippen molar-refractivity contribution in [2.24, 2.45) is 0 Å². The van der Waals surface area contributed by atoms with Gasteiger partial charge in [-0.15, -0.1) is 0 Å². The van der Waals surface area contributed by atoms with Gasteiger partial charge in [-0.05, 0) is 13.8 Å². The largest absolute Gasteiger partial charge is 0.396 e. The lowest BCUT2D eigenvalue weighted by Crippen LogP contribution is -1.98. The van der Waals surface area contributed by atoms with Gasteiger partial charge >= 0.3 is 0 Å². The Morgan fingerprint density at radius 3 is 2.68 bits per heavy atom. The molecule has 0 bridgehead atoms. The number of thiazole rings is 1.